The zero-order valence-electron chi connectivity index (χ0n) is 20.5. The van der Waals surface area contributed by atoms with Crippen LogP contribution in [0.4, 0.5) is 19.0 Å². The highest BCUT2D eigenvalue weighted by molar-refractivity contribution is 7.98. The van der Waals surface area contributed by atoms with Crippen molar-refractivity contribution in [3.05, 3.63) is 59.7 Å². The zero-order valence-corrected chi connectivity index (χ0v) is 21.4. The first-order valence-electron chi connectivity index (χ1n) is 12.8. The van der Waals surface area contributed by atoms with Crippen molar-refractivity contribution in [2.24, 2.45) is 0 Å². The Balaban J connectivity index is 1.48. The van der Waals surface area contributed by atoms with Gasteiger partial charge in [0, 0.05) is 17.7 Å². The first kappa shape index (κ1) is 27.3. The van der Waals surface area contributed by atoms with Gasteiger partial charge in [-0.05, 0) is 36.2 Å². The maximum absolute atomic E-state index is 12.8. The molecule has 0 saturated heterocycles. The highest BCUT2D eigenvalue weighted by atomic mass is 32.2. The minimum absolute atomic E-state index is 0.508. The molecule has 0 fully saturated rings. The second-order valence-corrected chi connectivity index (χ2v) is 9.91. The lowest BCUT2D eigenvalue weighted by Crippen LogP contribution is -2.06. The van der Waals surface area contributed by atoms with E-state index in [-0.39, 0.29) is 0 Å². The molecule has 2 aromatic carbocycles. The molecule has 0 spiro atoms. The minimum Gasteiger partial charge on any atom is -0.369 e. The van der Waals surface area contributed by atoms with Crippen LogP contribution in [0.3, 0.4) is 0 Å². The van der Waals surface area contributed by atoms with Crippen LogP contribution in [-0.2, 0) is 11.9 Å². The molecule has 0 amide bonds. The molecule has 0 unspecified atom stereocenters. The Morgan fingerprint density at radius 2 is 1.40 bits per heavy atom. The number of fused-ring (bicyclic) bond motifs is 1. The number of hydrogen-bond donors (Lipinski definition) is 1. The maximum Gasteiger partial charge on any atom is 0.416 e. The number of alkyl halides is 3. The summed E-state index contributed by atoms with van der Waals surface area (Å²) < 4.78 is 38.4. The number of nitrogens with zero attached hydrogens (tertiary/aromatic N) is 2. The lowest BCUT2D eigenvalue weighted by atomic mass is 10.1. The number of halogens is 3. The van der Waals surface area contributed by atoms with Gasteiger partial charge in [-0.15, -0.1) is 0 Å². The molecule has 7 heteroatoms. The molecular formula is C28H36F3N3S. The summed E-state index contributed by atoms with van der Waals surface area (Å²) in [7, 11) is 0. The van der Waals surface area contributed by atoms with E-state index in [0.717, 1.165) is 47.4 Å². The summed E-state index contributed by atoms with van der Waals surface area (Å²) in [5, 5.41) is 5.09. The molecule has 0 aliphatic carbocycles. The fourth-order valence-corrected chi connectivity index (χ4v) is 4.82. The summed E-state index contributed by atoms with van der Waals surface area (Å²) in [5.74, 6) is 1.33. The van der Waals surface area contributed by atoms with Gasteiger partial charge < -0.3 is 5.32 Å². The first-order chi connectivity index (χ1) is 17.0. The van der Waals surface area contributed by atoms with Crippen molar-refractivity contribution in [2.75, 3.05) is 11.9 Å². The van der Waals surface area contributed by atoms with E-state index in [1.54, 1.807) is 0 Å². The third-order valence-corrected chi connectivity index (χ3v) is 6.97. The number of rotatable bonds is 15. The Morgan fingerprint density at radius 3 is 2.06 bits per heavy atom. The van der Waals surface area contributed by atoms with E-state index in [0.29, 0.717) is 10.9 Å². The lowest BCUT2D eigenvalue weighted by Gasteiger charge is -2.11. The predicted octanol–water partition coefficient (Wildman–Crippen LogP) is 9.27. The van der Waals surface area contributed by atoms with E-state index in [1.165, 1.54) is 81.7 Å². The van der Waals surface area contributed by atoms with E-state index in [1.807, 2.05) is 24.3 Å². The number of benzene rings is 2. The second-order valence-electron chi connectivity index (χ2n) is 8.96. The molecule has 0 radical (unpaired) electrons. The van der Waals surface area contributed by atoms with Crippen LogP contribution in [0.5, 0.6) is 0 Å². The average molecular weight is 504 g/mol. The van der Waals surface area contributed by atoms with Gasteiger partial charge in [-0.25, -0.2) is 9.97 Å². The van der Waals surface area contributed by atoms with E-state index in [2.05, 4.69) is 17.2 Å². The molecule has 0 saturated carbocycles. The Kier molecular flexibility index (Phi) is 11.2. The van der Waals surface area contributed by atoms with Crippen molar-refractivity contribution in [3.8, 4) is 0 Å². The number of unbranched alkanes of at least 4 members (excludes halogenated alkanes) is 9. The molecule has 0 aliphatic rings. The van der Waals surface area contributed by atoms with Gasteiger partial charge in [-0.3, -0.25) is 0 Å². The largest absolute Gasteiger partial charge is 0.416 e. The molecule has 1 heterocycles. The van der Waals surface area contributed by atoms with Crippen LogP contribution in [0.2, 0.25) is 0 Å². The van der Waals surface area contributed by atoms with Crippen molar-refractivity contribution in [1.29, 1.82) is 0 Å². The standard InChI is InChI=1S/C28H36F3N3S/c1-2-3-4-5-6-7-8-9-10-13-20-32-26-24-14-11-12-15-25(24)33-27(34-26)35-21-22-16-18-23(19-17-22)28(29,30)31/h11-12,14-19H,2-10,13,20-21H2,1H3,(H,32,33,34). The smallest absolute Gasteiger partial charge is 0.369 e. The Hall–Kier alpha value is -2.28. The Bertz CT molecular complexity index is 1020. The van der Waals surface area contributed by atoms with Gasteiger partial charge in [-0.2, -0.15) is 13.2 Å². The summed E-state index contributed by atoms with van der Waals surface area (Å²) in [4.78, 5) is 9.36. The topological polar surface area (TPSA) is 37.8 Å². The summed E-state index contributed by atoms with van der Waals surface area (Å²) in [6, 6.07) is 13.2. The molecule has 35 heavy (non-hydrogen) atoms. The molecule has 3 rings (SSSR count). The molecule has 3 nitrogen and oxygen atoms in total. The Morgan fingerprint density at radius 1 is 0.771 bits per heavy atom. The lowest BCUT2D eigenvalue weighted by molar-refractivity contribution is -0.137. The van der Waals surface area contributed by atoms with Crippen LogP contribution < -0.4 is 5.32 Å². The van der Waals surface area contributed by atoms with Gasteiger partial charge in [0.15, 0.2) is 5.16 Å². The summed E-state index contributed by atoms with van der Waals surface area (Å²) in [6.45, 7) is 3.11. The van der Waals surface area contributed by atoms with E-state index >= 15 is 0 Å². The average Bonchev–Trinajstić information content (AvgIpc) is 2.85. The molecule has 3 aromatic rings. The highest BCUT2D eigenvalue weighted by Gasteiger charge is 2.29. The monoisotopic (exact) mass is 503 g/mol. The number of nitrogens with one attached hydrogen (secondary N) is 1. The SMILES string of the molecule is CCCCCCCCCCCCNc1nc(SCc2ccc(C(F)(F)F)cc2)nc2ccccc12. The van der Waals surface area contributed by atoms with Gasteiger partial charge in [0.1, 0.15) is 5.82 Å². The number of anilines is 1. The fourth-order valence-electron chi connectivity index (χ4n) is 4.01. The quantitative estimate of drug-likeness (QED) is 0.127. The fraction of sp³-hybridized carbons (Fsp3) is 0.500. The summed E-state index contributed by atoms with van der Waals surface area (Å²) in [5.41, 5.74) is 1.04. The zero-order chi connectivity index (χ0) is 24.9. The van der Waals surface area contributed by atoms with Crippen LogP contribution in [0.25, 0.3) is 10.9 Å². The number of hydrogen-bond acceptors (Lipinski definition) is 4. The second kappa shape index (κ2) is 14.3. The molecule has 1 aromatic heterocycles. The Labute approximate surface area is 211 Å². The predicted molar refractivity (Wildman–Crippen MR) is 141 cm³/mol. The van der Waals surface area contributed by atoms with Gasteiger partial charge >= 0.3 is 6.18 Å². The number of thioether (sulfide) groups is 1. The van der Waals surface area contributed by atoms with Crippen LogP contribution >= 0.6 is 11.8 Å². The highest BCUT2D eigenvalue weighted by Crippen LogP contribution is 2.31. The van der Waals surface area contributed by atoms with Crippen LogP contribution in [0.1, 0.15) is 82.3 Å². The molecule has 190 valence electrons. The third-order valence-electron chi connectivity index (χ3n) is 6.05. The van der Waals surface area contributed by atoms with Crippen LogP contribution in [-0.4, -0.2) is 16.5 Å². The normalized spacial score (nSPS) is 11.8. The van der Waals surface area contributed by atoms with E-state index in [9.17, 15) is 13.2 Å². The van der Waals surface area contributed by atoms with E-state index < -0.39 is 11.7 Å². The number of para-hydroxylation sites is 1. The van der Waals surface area contributed by atoms with Gasteiger partial charge in [-0.1, -0.05) is 101 Å². The molecule has 0 bridgehead atoms. The van der Waals surface area contributed by atoms with Crippen molar-refractivity contribution >= 4 is 28.5 Å². The van der Waals surface area contributed by atoms with Crippen molar-refractivity contribution in [1.82, 2.24) is 9.97 Å². The molecule has 1 N–H and O–H groups in total. The molecule has 0 aliphatic heterocycles. The molecular weight excluding hydrogens is 467 g/mol. The third kappa shape index (κ3) is 9.36. The van der Waals surface area contributed by atoms with Gasteiger partial charge in [0.2, 0.25) is 0 Å². The van der Waals surface area contributed by atoms with Crippen molar-refractivity contribution in [2.45, 2.75) is 88.2 Å². The molecule has 0 atom stereocenters. The van der Waals surface area contributed by atoms with Gasteiger partial charge in [0.05, 0.1) is 11.1 Å². The van der Waals surface area contributed by atoms with Crippen LogP contribution in [0, 0.1) is 0 Å². The van der Waals surface area contributed by atoms with Crippen molar-refractivity contribution < 1.29 is 13.2 Å². The minimum atomic E-state index is -4.32. The number of aromatic nitrogens is 2. The van der Waals surface area contributed by atoms with E-state index in [4.69, 9.17) is 4.98 Å². The van der Waals surface area contributed by atoms with Gasteiger partial charge in [0.25, 0.3) is 0 Å². The first-order valence-corrected chi connectivity index (χ1v) is 13.8. The van der Waals surface area contributed by atoms with Crippen LogP contribution in [0.15, 0.2) is 53.7 Å². The summed E-state index contributed by atoms with van der Waals surface area (Å²) >= 11 is 1.43. The van der Waals surface area contributed by atoms with Crippen molar-refractivity contribution in [3.63, 3.8) is 0 Å². The summed E-state index contributed by atoms with van der Waals surface area (Å²) in [6.07, 6.45) is 8.68. The maximum atomic E-state index is 12.8.